The third kappa shape index (κ3) is 5.78. The number of carbonyl (C=O) groups is 2. The minimum Gasteiger partial charge on any atom is -0.490 e. The molecular formula is C22H33NO6. The molecule has 1 aliphatic rings. The molecule has 7 heteroatoms. The number of piperidine rings is 1. The van der Waals surface area contributed by atoms with Gasteiger partial charge in [0.2, 0.25) is 5.75 Å². The highest BCUT2D eigenvalue weighted by molar-refractivity contribution is 5.93. The SMILES string of the molecule is CCOc1cc(C(=O)OCC(=O)N2[C@H](C)CCC[C@@H]2C)cc(OCC)c1OCC. The molecule has 0 N–H and O–H groups in total. The van der Waals surface area contributed by atoms with Crippen LogP contribution in [-0.2, 0) is 9.53 Å². The van der Waals surface area contributed by atoms with Gasteiger partial charge < -0.3 is 23.8 Å². The monoisotopic (exact) mass is 407 g/mol. The Bertz CT molecular complexity index is 668. The van der Waals surface area contributed by atoms with Gasteiger partial charge in [-0.2, -0.15) is 0 Å². The Labute approximate surface area is 173 Å². The van der Waals surface area contributed by atoms with Gasteiger partial charge in [0, 0.05) is 12.1 Å². The average Bonchev–Trinajstić information content (AvgIpc) is 2.68. The summed E-state index contributed by atoms with van der Waals surface area (Å²) >= 11 is 0. The van der Waals surface area contributed by atoms with E-state index in [2.05, 4.69) is 0 Å². The molecule has 7 nitrogen and oxygen atoms in total. The zero-order chi connectivity index (χ0) is 21.4. The van der Waals surface area contributed by atoms with Gasteiger partial charge in [-0.1, -0.05) is 0 Å². The van der Waals surface area contributed by atoms with Gasteiger partial charge in [-0.15, -0.1) is 0 Å². The van der Waals surface area contributed by atoms with E-state index in [0.29, 0.717) is 37.1 Å². The molecule has 0 aliphatic carbocycles. The fourth-order valence-electron chi connectivity index (χ4n) is 3.70. The molecule has 1 aromatic carbocycles. The third-order valence-electron chi connectivity index (χ3n) is 4.95. The maximum Gasteiger partial charge on any atom is 0.338 e. The molecule has 0 aromatic heterocycles. The smallest absolute Gasteiger partial charge is 0.338 e. The standard InChI is InChI=1S/C22H33NO6/c1-6-26-18-12-17(13-19(27-7-2)21(18)28-8-3)22(25)29-14-20(24)23-15(4)10-9-11-16(23)5/h12-13,15-16H,6-11,14H2,1-5H3/t15-,16+. The molecule has 2 atom stereocenters. The van der Waals surface area contributed by atoms with Crippen molar-refractivity contribution in [2.45, 2.75) is 66.0 Å². The van der Waals surface area contributed by atoms with E-state index < -0.39 is 5.97 Å². The number of hydrogen-bond acceptors (Lipinski definition) is 6. The lowest BCUT2D eigenvalue weighted by molar-refractivity contribution is -0.140. The van der Waals surface area contributed by atoms with Gasteiger partial charge >= 0.3 is 5.97 Å². The molecule has 2 rings (SSSR count). The second kappa shape index (κ2) is 10.9. The summed E-state index contributed by atoms with van der Waals surface area (Å²) < 4.78 is 22.2. The zero-order valence-corrected chi connectivity index (χ0v) is 18.2. The molecule has 1 saturated heterocycles. The summed E-state index contributed by atoms with van der Waals surface area (Å²) in [6.07, 6.45) is 3.05. The first-order valence-electron chi connectivity index (χ1n) is 10.5. The zero-order valence-electron chi connectivity index (χ0n) is 18.2. The number of rotatable bonds is 9. The van der Waals surface area contributed by atoms with E-state index >= 15 is 0 Å². The fraction of sp³-hybridized carbons (Fsp3) is 0.636. The van der Waals surface area contributed by atoms with Crippen LogP contribution in [0.4, 0.5) is 0 Å². The van der Waals surface area contributed by atoms with Gasteiger partial charge in [-0.3, -0.25) is 4.79 Å². The van der Waals surface area contributed by atoms with Crippen molar-refractivity contribution in [2.75, 3.05) is 26.4 Å². The molecule has 1 heterocycles. The number of nitrogens with zero attached hydrogens (tertiary/aromatic N) is 1. The van der Waals surface area contributed by atoms with Crippen LogP contribution in [0.2, 0.25) is 0 Å². The van der Waals surface area contributed by atoms with Crippen molar-refractivity contribution >= 4 is 11.9 Å². The number of likely N-dealkylation sites (tertiary alicyclic amines) is 1. The van der Waals surface area contributed by atoms with Crippen LogP contribution in [0.15, 0.2) is 12.1 Å². The predicted octanol–water partition coefficient (Wildman–Crippen LogP) is 3.83. The molecule has 0 bridgehead atoms. The summed E-state index contributed by atoms with van der Waals surface area (Å²) in [4.78, 5) is 27.1. The maximum atomic E-state index is 12.6. The Morgan fingerprint density at radius 1 is 0.931 bits per heavy atom. The van der Waals surface area contributed by atoms with Crippen LogP contribution in [-0.4, -0.2) is 55.3 Å². The van der Waals surface area contributed by atoms with Crippen LogP contribution >= 0.6 is 0 Å². The maximum absolute atomic E-state index is 12.6. The molecule has 1 amide bonds. The highest BCUT2D eigenvalue weighted by atomic mass is 16.5. The number of esters is 1. The van der Waals surface area contributed by atoms with Crippen molar-refractivity contribution in [3.63, 3.8) is 0 Å². The molecule has 0 saturated carbocycles. The molecular weight excluding hydrogens is 374 g/mol. The minimum absolute atomic E-state index is 0.157. The van der Waals surface area contributed by atoms with Crippen molar-refractivity contribution in [2.24, 2.45) is 0 Å². The largest absolute Gasteiger partial charge is 0.490 e. The lowest BCUT2D eigenvalue weighted by atomic mass is 9.97. The lowest BCUT2D eigenvalue weighted by Gasteiger charge is -2.38. The van der Waals surface area contributed by atoms with Gasteiger partial charge in [-0.05, 0) is 66.0 Å². The lowest BCUT2D eigenvalue weighted by Crippen LogP contribution is -2.49. The molecule has 1 aliphatic heterocycles. The summed E-state index contributed by atoms with van der Waals surface area (Å²) in [5.74, 6) is 0.521. The predicted molar refractivity (Wildman–Crippen MR) is 110 cm³/mol. The van der Waals surface area contributed by atoms with Crippen LogP contribution in [0, 0.1) is 0 Å². The number of hydrogen-bond donors (Lipinski definition) is 0. The highest BCUT2D eigenvalue weighted by Crippen LogP contribution is 2.39. The Hall–Kier alpha value is -2.44. The van der Waals surface area contributed by atoms with E-state index in [1.165, 1.54) is 0 Å². The van der Waals surface area contributed by atoms with Gasteiger partial charge in [0.15, 0.2) is 18.1 Å². The first kappa shape index (κ1) is 22.8. The molecule has 1 aromatic rings. The van der Waals surface area contributed by atoms with E-state index in [9.17, 15) is 9.59 Å². The number of benzene rings is 1. The summed E-state index contributed by atoms with van der Waals surface area (Å²) in [5.41, 5.74) is 0.257. The topological polar surface area (TPSA) is 74.3 Å². The van der Waals surface area contributed by atoms with E-state index in [-0.39, 0.29) is 30.2 Å². The summed E-state index contributed by atoms with van der Waals surface area (Å²) in [5, 5.41) is 0. The Kier molecular flexibility index (Phi) is 8.61. The average molecular weight is 408 g/mol. The Balaban J connectivity index is 2.15. The van der Waals surface area contributed by atoms with Gasteiger partial charge in [0.1, 0.15) is 0 Å². The van der Waals surface area contributed by atoms with Crippen molar-refractivity contribution in [3.8, 4) is 17.2 Å². The van der Waals surface area contributed by atoms with Crippen LogP contribution in [0.3, 0.4) is 0 Å². The second-order valence-electron chi connectivity index (χ2n) is 7.11. The summed E-state index contributed by atoms with van der Waals surface area (Å²) in [6.45, 7) is 10.6. The van der Waals surface area contributed by atoms with Crippen LogP contribution in [0.5, 0.6) is 17.2 Å². The fourth-order valence-corrected chi connectivity index (χ4v) is 3.70. The van der Waals surface area contributed by atoms with E-state index in [4.69, 9.17) is 18.9 Å². The third-order valence-corrected chi connectivity index (χ3v) is 4.95. The normalized spacial score (nSPS) is 18.9. The van der Waals surface area contributed by atoms with Crippen molar-refractivity contribution < 1.29 is 28.5 Å². The van der Waals surface area contributed by atoms with E-state index in [0.717, 1.165) is 19.3 Å². The van der Waals surface area contributed by atoms with E-state index in [1.54, 1.807) is 12.1 Å². The summed E-state index contributed by atoms with van der Waals surface area (Å²) in [6, 6.07) is 3.44. The Morgan fingerprint density at radius 3 is 1.93 bits per heavy atom. The van der Waals surface area contributed by atoms with Crippen molar-refractivity contribution in [3.05, 3.63) is 17.7 Å². The summed E-state index contributed by atoms with van der Waals surface area (Å²) in [7, 11) is 0. The highest BCUT2D eigenvalue weighted by Gasteiger charge is 2.29. The molecule has 29 heavy (non-hydrogen) atoms. The first-order valence-corrected chi connectivity index (χ1v) is 10.5. The van der Waals surface area contributed by atoms with Crippen molar-refractivity contribution in [1.82, 2.24) is 4.90 Å². The van der Waals surface area contributed by atoms with Crippen LogP contribution in [0.1, 0.15) is 64.2 Å². The first-order chi connectivity index (χ1) is 13.9. The second-order valence-corrected chi connectivity index (χ2v) is 7.11. The van der Waals surface area contributed by atoms with Crippen molar-refractivity contribution in [1.29, 1.82) is 0 Å². The molecule has 0 spiro atoms. The number of carbonyl (C=O) groups excluding carboxylic acids is 2. The molecule has 0 radical (unpaired) electrons. The quantitative estimate of drug-likeness (QED) is 0.579. The van der Waals surface area contributed by atoms with Crippen LogP contribution in [0.25, 0.3) is 0 Å². The molecule has 0 unspecified atom stereocenters. The molecule has 1 fully saturated rings. The van der Waals surface area contributed by atoms with E-state index in [1.807, 2.05) is 39.5 Å². The number of amides is 1. The Morgan fingerprint density at radius 2 is 1.45 bits per heavy atom. The van der Waals surface area contributed by atoms with Gasteiger partial charge in [0.05, 0.1) is 25.4 Å². The number of ether oxygens (including phenoxy) is 4. The molecule has 162 valence electrons. The van der Waals surface area contributed by atoms with Gasteiger partial charge in [0.25, 0.3) is 5.91 Å². The van der Waals surface area contributed by atoms with Gasteiger partial charge in [-0.25, -0.2) is 4.79 Å². The van der Waals surface area contributed by atoms with Crippen LogP contribution < -0.4 is 14.2 Å². The minimum atomic E-state index is -0.597.